The first-order valence-corrected chi connectivity index (χ1v) is 8.47. The van der Waals surface area contributed by atoms with Crippen molar-refractivity contribution in [1.29, 1.82) is 0 Å². The number of benzene rings is 1. The molecule has 0 saturated heterocycles. The second-order valence-electron chi connectivity index (χ2n) is 5.44. The number of aromatic nitrogens is 3. The molecule has 0 aliphatic rings. The Bertz CT molecular complexity index is 871. The van der Waals surface area contributed by atoms with E-state index in [0.717, 1.165) is 21.8 Å². The zero-order valence-corrected chi connectivity index (χ0v) is 15.0. The lowest BCUT2D eigenvalue weighted by Gasteiger charge is -2.15. The molecule has 6 nitrogen and oxygen atoms in total. The van der Waals surface area contributed by atoms with Gasteiger partial charge >= 0.3 is 0 Å². The third-order valence-electron chi connectivity index (χ3n) is 3.73. The first-order valence-electron chi connectivity index (χ1n) is 7.68. The summed E-state index contributed by atoms with van der Waals surface area (Å²) in [5, 5.41) is 4.21. The van der Waals surface area contributed by atoms with Gasteiger partial charge in [0, 0.05) is 22.1 Å². The molecule has 0 saturated carbocycles. The van der Waals surface area contributed by atoms with Crippen LogP contribution in [0.25, 0.3) is 10.9 Å². The van der Waals surface area contributed by atoms with Crippen LogP contribution in [0.15, 0.2) is 41.3 Å². The van der Waals surface area contributed by atoms with Crippen molar-refractivity contribution in [3.63, 3.8) is 0 Å². The fraction of sp³-hybridized carbons (Fsp3) is 0.235. The Hall–Kier alpha value is -2.41. The van der Waals surface area contributed by atoms with E-state index >= 15 is 0 Å². The number of rotatable bonds is 5. The number of pyridine rings is 1. The van der Waals surface area contributed by atoms with Crippen LogP contribution in [0.2, 0.25) is 0 Å². The van der Waals surface area contributed by atoms with Crippen LogP contribution in [-0.2, 0) is 0 Å². The second-order valence-corrected chi connectivity index (χ2v) is 6.30. The lowest BCUT2D eigenvalue weighted by atomic mass is 10.2. The molecule has 3 aromatic rings. The normalized spacial score (nSPS) is 12.1. The van der Waals surface area contributed by atoms with Crippen LogP contribution in [0.5, 0.6) is 11.6 Å². The molecule has 24 heavy (non-hydrogen) atoms. The number of nitrogens with two attached hydrogens (primary N) is 1. The van der Waals surface area contributed by atoms with Crippen LogP contribution in [0, 0.1) is 0 Å². The van der Waals surface area contributed by atoms with Crippen molar-refractivity contribution in [3.8, 4) is 11.6 Å². The molecule has 0 amide bonds. The van der Waals surface area contributed by atoms with Gasteiger partial charge in [0.1, 0.15) is 17.5 Å². The Balaban J connectivity index is 1.98. The summed E-state index contributed by atoms with van der Waals surface area (Å²) in [6.45, 7) is 4.15. The van der Waals surface area contributed by atoms with Gasteiger partial charge in [0.05, 0.1) is 0 Å². The smallest absolute Gasteiger partial charge is 0.248 e. The van der Waals surface area contributed by atoms with Crippen LogP contribution in [-0.4, -0.2) is 21.0 Å². The molecule has 3 rings (SSSR count). The summed E-state index contributed by atoms with van der Waals surface area (Å²) in [4.78, 5) is 12.8. The molecule has 0 aliphatic heterocycles. The summed E-state index contributed by atoms with van der Waals surface area (Å²) in [5.41, 5.74) is 7.28. The van der Waals surface area contributed by atoms with Crippen LogP contribution in [0.4, 0.5) is 11.5 Å². The van der Waals surface area contributed by atoms with Crippen LogP contribution >= 0.6 is 15.9 Å². The maximum Gasteiger partial charge on any atom is 0.248 e. The van der Waals surface area contributed by atoms with Gasteiger partial charge in [-0.3, -0.25) is 4.98 Å². The average molecular weight is 388 g/mol. The van der Waals surface area contributed by atoms with E-state index in [1.807, 2.05) is 24.3 Å². The highest BCUT2D eigenvalue weighted by Crippen LogP contribution is 2.35. The van der Waals surface area contributed by atoms with Gasteiger partial charge in [0.15, 0.2) is 11.6 Å². The lowest BCUT2D eigenvalue weighted by Crippen LogP contribution is -2.16. The topological polar surface area (TPSA) is 86.0 Å². The number of hydrogen-bond donors (Lipinski definition) is 2. The van der Waals surface area contributed by atoms with E-state index in [1.165, 1.54) is 6.33 Å². The predicted octanol–water partition coefficient (Wildman–Crippen LogP) is 4.37. The molecule has 1 aromatic carbocycles. The van der Waals surface area contributed by atoms with E-state index in [0.29, 0.717) is 23.1 Å². The summed E-state index contributed by atoms with van der Waals surface area (Å²) < 4.78 is 6.89. The van der Waals surface area contributed by atoms with Crippen molar-refractivity contribution < 1.29 is 4.74 Å². The molecule has 1 unspecified atom stereocenters. The number of anilines is 2. The van der Waals surface area contributed by atoms with Crippen molar-refractivity contribution in [3.05, 3.63) is 41.3 Å². The van der Waals surface area contributed by atoms with Gasteiger partial charge in [-0.25, -0.2) is 4.98 Å². The minimum absolute atomic E-state index is 0.255. The van der Waals surface area contributed by atoms with Crippen molar-refractivity contribution in [2.75, 3.05) is 11.1 Å². The van der Waals surface area contributed by atoms with Crippen molar-refractivity contribution >= 4 is 38.3 Å². The van der Waals surface area contributed by atoms with Gasteiger partial charge in [-0.15, -0.1) is 0 Å². The second kappa shape index (κ2) is 7.00. The number of hydrogen-bond acceptors (Lipinski definition) is 6. The standard InChI is InChI=1S/C17H18BrN5O/c1-3-10(2)23-16-14(19)17(22-9-21-16)24-13-7-6-12(18)11-5-4-8-20-15(11)13/h4-10H,3,19H2,1-2H3,(H,21,22,23). The molecule has 0 fully saturated rings. The van der Waals surface area contributed by atoms with Gasteiger partial charge in [-0.1, -0.05) is 28.9 Å². The van der Waals surface area contributed by atoms with Gasteiger partial charge in [-0.05, 0) is 31.5 Å². The highest BCUT2D eigenvalue weighted by atomic mass is 79.9. The first-order chi connectivity index (χ1) is 11.6. The molecule has 2 heterocycles. The van der Waals surface area contributed by atoms with Gasteiger partial charge < -0.3 is 15.8 Å². The number of nitrogen functional groups attached to an aromatic ring is 1. The molecule has 0 aliphatic carbocycles. The molecular formula is C17H18BrN5O. The molecular weight excluding hydrogens is 370 g/mol. The summed E-state index contributed by atoms with van der Waals surface area (Å²) in [5.74, 6) is 1.47. The van der Waals surface area contributed by atoms with E-state index in [1.54, 1.807) is 6.20 Å². The fourth-order valence-corrected chi connectivity index (χ4v) is 2.66. The number of nitrogens with one attached hydrogen (secondary N) is 1. The Morgan fingerprint density at radius 2 is 2.08 bits per heavy atom. The molecule has 2 aromatic heterocycles. The zero-order chi connectivity index (χ0) is 17.1. The van der Waals surface area contributed by atoms with Crippen molar-refractivity contribution in [2.24, 2.45) is 0 Å². The maximum atomic E-state index is 6.17. The summed E-state index contributed by atoms with van der Waals surface area (Å²) in [6.07, 6.45) is 4.12. The first kappa shape index (κ1) is 16.4. The van der Waals surface area contributed by atoms with Crippen molar-refractivity contribution in [1.82, 2.24) is 15.0 Å². The lowest BCUT2D eigenvalue weighted by molar-refractivity contribution is 0.468. The van der Waals surface area contributed by atoms with E-state index < -0.39 is 0 Å². The largest absolute Gasteiger partial charge is 0.435 e. The fourth-order valence-electron chi connectivity index (χ4n) is 2.21. The van der Waals surface area contributed by atoms with Crippen LogP contribution in [0.3, 0.4) is 0 Å². The molecule has 7 heteroatoms. The molecule has 0 spiro atoms. The van der Waals surface area contributed by atoms with E-state index in [4.69, 9.17) is 10.5 Å². The number of nitrogens with zero attached hydrogens (tertiary/aromatic N) is 3. The van der Waals surface area contributed by atoms with Gasteiger partial charge in [-0.2, -0.15) is 4.98 Å². The zero-order valence-electron chi connectivity index (χ0n) is 13.5. The highest BCUT2D eigenvalue weighted by Gasteiger charge is 2.14. The Morgan fingerprint density at radius 3 is 2.88 bits per heavy atom. The average Bonchev–Trinajstić information content (AvgIpc) is 2.60. The Labute approximate surface area is 148 Å². The minimum atomic E-state index is 0.255. The maximum absolute atomic E-state index is 6.17. The Morgan fingerprint density at radius 1 is 1.25 bits per heavy atom. The third kappa shape index (κ3) is 3.26. The van der Waals surface area contributed by atoms with E-state index in [-0.39, 0.29) is 6.04 Å². The minimum Gasteiger partial charge on any atom is -0.435 e. The number of halogens is 1. The molecule has 124 valence electrons. The monoisotopic (exact) mass is 387 g/mol. The number of ether oxygens (including phenoxy) is 1. The Kier molecular flexibility index (Phi) is 4.80. The van der Waals surface area contributed by atoms with Gasteiger partial charge in [0.2, 0.25) is 5.88 Å². The molecule has 1 atom stereocenters. The number of fused-ring (bicyclic) bond motifs is 1. The van der Waals surface area contributed by atoms with Crippen molar-refractivity contribution in [2.45, 2.75) is 26.3 Å². The molecule has 3 N–H and O–H groups in total. The van der Waals surface area contributed by atoms with E-state index in [2.05, 4.69) is 50.0 Å². The SMILES string of the molecule is CCC(C)Nc1ncnc(Oc2ccc(Br)c3cccnc23)c1N. The van der Waals surface area contributed by atoms with Crippen LogP contribution in [0.1, 0.15) is 20.3 Å². The predicted molar refractivity (Wildman–Crippen MR) is 99.3 cm³/mol. The summed E-state index contributed by atoms with van der Waals surface area (Å²) in [7, 11) is 0. The quantitative estimate of drug-likeness (QED) is 0.675. The van der Waals surface area contributed by atoms with E-state index in [9.17, 15) is 0 Å². The van der Waals surface area contributed by atoms with Gasteiger partial charge in [0.25, 0.3) is 0 Å². The summed E-state index contributed by atoms with van der Waals surface area (Å²) in [6, 6.07) is 7.85. The molecule has 0 radical (unpaired) electrons. The highest BCUT2D eigenvalue weighted by molar-refractivity contribution is 9.10. The molecule has 0 bridgehead atoms. The summed E-state index contributed by atoms with van der Waals surface area (Å²) >= 11 is 3.52. The third-order valence-corrected chi connectivity index (χ3v) is 4.42. The van der Waals surface area contributed by atoms with Crippen LogP contribution < -0.4 is 15.8 Å².